The van der Waals surface area contributed by atoms with E-state index in [2.05, 4.69) is 4.90 Å². The number of carbonyl (C=O) groups is 2. The lowest BCUT2D eigenvalue weighted by Gasteiger charge is -2.21. The quantitative estimate of drug-likeness (QED) is 0.790. The molecule has 0 bridgehead atoms. The van der Waals surface area contributed by atoms with Crippen LogP contribution in [0.2, 0.25) is 0 Å². The van der Waals surface area contributed by atoms with Crippen molar-refractivity contribution in [3.8, 4) is 0 Å². The zero-order chi connectivity index (χ0) is 17.6. The fraction of sp³-hybridized carbons (Fsp3) is 0.300. The van der Waals surface area contributed by atoms with Crippen molar-refractivity contribution in [1.82, 2.24) is 4.90 Å². The van der Waals surface area contributed by atoms with Crippen molar-refractivity contribution >= 4 is 34.4 Å². The number of thiophene rings is 1. The molecular weight excluding hydrogens is 332 g/mol. The Morgan fingerprint density at radius 2 is 1.76 bits per heavy atom. The fourth-order valence-corrected chi connectivity index (χ4v) is 4.43. The normalized spacial score (nSPS) is 18.0. The van der Waals surface area contributed by atoms with Crippen molar-refractivity contribution < 1.29 is 9.59 Å². The molecule has 2 amide bonds. The largest absolute Gasteiger partial charge is 0.366 e. The summed E-state index contributed by atoms with van der Waals surface area (Å²) in [6, 6.07) is 9.68. The lowest BCUT2D eigenvalue weighted by Crippen LogP contribution is -2.35. The molecular formula is C20H20N2O2S. The summed E-state index contributed by atoms with van der Waals surface area (Å²) in [4.78, 5) is 30.8. The van der Waals surface area contributed by atoms with Crippen LogP contribution in [-0.4, -0.2) is 29.8 Å². The van der Waals surface area contributed by atoms with Gasteiger partial charge in [-0.1, -0.05) is 23.8 Å². The highest BCUT2D eigenvalue weighted by Gasteiger charge is 2.43. The zero-order valence-electron chi connectivity index (χ0n) is 14.4. The van der Waals surface area contributed by atoms with Crippen LogP contribution in [0.4, 0.5) is 5.69 Å². The molecule has 5 heteroatoms. The highest BCUT2D eigenvalue weighted by atomic mass is 32.1. The van der Waals surface area contributed by atoms with E-state index < -0.39 is 0 Å². The van der Waals surface area contributed by atoms with Crippen molar-refractivity contribution in [3.63, 3.8) is 0 Å². The number of imide groups is 1. The molecule has 0 N–H and O–H groups in total. The molecule has 128 valence electrons. The van der Waals surface area contributed by atoms with E-state index in [9.17, 15) is 9.59 Å². The molecule has 0 aliphatic carbocycles. The van der Waals surface area contributed by atoms with E-state index in [0.717, 1.165) is 41.9 Å². The Bertz CT molecular complexity index is 877. The van der Waals surface area contributed by atoms with Gasteiger partial charge >= 0.3 is 0 Å². The first-order valence-corrected chi connectivity index (χ1v) is 9.45. The van der Waals surface area contributed by atoms with Crippen molar-refractivity contribution in [3.05, 3.63) is 57.4 Å². The van der Waals surface area contributed by atoms with E-state index in [4.69, 9.17) is 0 Å². The molecule has 4 rings (SSSR count). The van der Waals surface area contributed by atoms with Gasteiger partial charge in [-0.25, -0.2) is 4.90 Å². The number of aryl methyl sites for hydroxylation is 2. The Kier molecular flexibility index (Phi) is 3.96. The van der Waals surface area contributed by atoms with Crippen LogP contribution in [0, 0.1) is 13.8 Å². The average Bonchev–Trinajstić information content (AvgIpc) is 3.30. The maximum absolute atomic E-state index is 13.3. The van der Waals surface area contributed by atoms with Crippen LogP contribution in [-0.2, 0) is 9.59 Å². The number of benzene rings is 1. The van der Waals surface area contributed by atoms with Crippen molar-refractivity contribution in [2.24, 2.45) is 0 Å². The number of anilines is 1. The van der Waals surface area contributed by atoms with E-state index in [1.54, 1.807) is 0 Å². The Morgan fingerprint density at radius 3 is 2.40 bits per heavy atom. The summed E-state index contributed by atoms with van der Waals surface area (Å²) in [6.45, 7) is 5.63. The van der Waals surface area contributed by atoms with Crippen LogP contribution in [0.15, 0.2) is 41.4 Å². The van der Waals surface area contributed by atoms with Crippen LogP contribution in [0.5, 0.6) is 0 Å². The number of rotatable bonds is 3. The van der Waals surface area contributed by atoms with E-state index in [1.165, 1.54) is 16.2 Å². The van der Waals surface area contributed by atoms with E-state index in [0.29, 0.717) is 17.0 Å². The summed E-state index contributed by atoms with van der Waals surface area (Å²) in [6.07, 6.45) is 2.12. The van der Waals surface area contributed by atoms with Gasteiger partial charge in [0.05, 0.1) is 11.3 Å². The molecule has 0 unspecified atom stereocenters. The second-order valence-electron chi connectivity index (χ2n) is 6.63. The SMILES string of the molecule is Cc1ccc(N2C(=O)C(c3cccs3)=C(N3CCCC3)C2=O)c(C)c1. The van der Waals surface area contributed by atoms with Crippen LogP contribution >= 0.6 is 11.3 Å². The highest BCUT2D eigenvalue weighted by Crippen LogP contribution is 2.38. The monoisotopic (exact) mass is 352 g/mol. The Labute approximate surface area is 151 Å². The van der Waals surface area contributed by atoms with Gasteiger partial charge < -0.3 is 4.90 Å². The second-order valence-corrected chi connectivity index (χ2v) is 7.58. The number of hydrogen-bond acceptors (Lipinski definition) is 4. The van der Waals surface area contributed by atoms with Crippen LogP contribution in [0.1, 0.15) is 28.8 Å². The van der Waals surface area contributed by atoms with Crippen molar-refractivity contribution in [1.29, 1.82) is 0 Å². The lowest BCUT2D eigenvalue weighted by molar-refractivity contribution is -0.120. The van der Waals surface area contributed by atoms with Gasteiger partial charge in [-0.3, -0.25) is 9.59 Å². The molecule has 0 atom stereocenters. The minimum absolute atomic E-state index is 0.192. The number of hydrogen-bond donors (Lipinski definition) is 0. The Morgan fingerprint density at radius 1 is 1.00 bits per heavy atom. The van der Waals surface area contributed by atoms with E-state index in [-0.39, 0.29) is 11.8 Å². The maximum atomic E-state index is 13.3. The molecule has 4 nitrogen and oxygen atoms in total. The predicted octanol–water partition coefficient (Wildman–Crippen LogP) is 3.75. The van der Waals surface area contributed by atoms with Crippen LogP contribution in [0.3, 0.4) is 0 Å². The van der Waals surface area contributed by atoms with Gasteiger partial charge in [0.25, 0.3) is 11.8 Å². The highest BCUT2D eigenvalue weighted by molar-refractivity contribution is 7.11. The van der Waals surface area contributed by atoms with Crippen LogP contribution < -0.4 is 4.90 Å². The van der Waals surface area contributed by atoms with Gasteiger partial charge in [0.2, 0.25) is 0 Å². The number of nitrogens with zero attached hydrogens (tertiary/aromatic N) is 2. The summed E-state index contributed by atoms with van der Waals surface area (Å²) in [5, 5.41) is 1.95. The van der Waals surface area contributed by atoms with E-state index in [1.807, 2.05) is 49.6 Å². The van der Waals surface area contributed by atoms with Gasteiger partial charge in [-0.2, -0.15) is 0 Å². The minimum Gasteiger partial charge on any atom is -0.366 e. The molecule has 1 fully saturated rings. The molecule has 2 aliphatic heterocycles. The minimum atomic E-state index is -0.207. The number of likely N-dealkylation sites (tertiary alicyclic amines) is 1. The second kappa shape index (κ2) is 6.15. The molecule has 0 radical (unpaired) electrons. The fourth-order valence-electron chi connectivity index (χ4n) is 3.67. The van der Waals surface area contributed by atoms with Gasteiger partial charge in [0.15, 0.2) is 0 Å². The molecule has 1 aromatic heterocycles. The molecule has 1 saturated heterocycles. The standard InChI is InChI=1S/C20H20N2O2S/c1-13-7-8-15(14(2)12-13)22-19(23)17(16-6-5-11-25-16)18(20(22)24)21-9-3-4-10-21/h5-8,11-12H,3-4,9-10H2,1-2H3. The smallest absolute Gasteiger partial charge is 0.282 e. The first-order chi connectivity index (χ1) is 12.1. The summed E-state index contributed by atoms with van der Waals surface area (Å²) in [7, 11) is 0. The van der Waals surface area contributed by atoms with Crippen molar-refractivity contribution in [2.45, 2.75) is 26.7 Å². The van der Waals surface area contributed by atoms with Gasteiger partial charge in [-0.15, -0.1) is 11.3 Å². The average molecular weight is 352 g/mol. The van der Waals surface area contributed by atoms with Crippen LogP contribution in [0.25, 0.3) is 5.57 Å². The summed E-state index contributed by atoms with van der Waals surface area (Å²) < 4.78 is 0. The molecule has 25 heavy (non-hydrogen) atoms. The first-order valence-electron chi connectivity index (χ1n) is 8.57. The summed E-state index contributed by atoms with van der Waals surface area (Å²) in [5.74, 6) is -0.399. The molecule has 3 heterocycles. The Hall–Kier alpha value is -2.40. The number of carbonyl (C=O) groups excluding carboxylic acids is 2. The lowest BCUT2D eigenvalue weighted by atomic mass is 10.1. The summed E-state index contributed by atoms with van der Waals surface area (Å²) in [5.41, 5.74) is 3.87. The maximum Gasteiger partial charge on any atom is 0.282 e. The molecule has 2 aliphatic rings. The first kappa shape index (κ1) is 16.1. The van der Waals surface area contributed by atoms with Gasteiger partial charge in [-0.05, 0) is 49.8 Å². The molecule has 0 saturated carbocycles. The van der Waals surface area contributed by atoms with Gasteiger partial charge in [0.1, 0.15) is 5.70 Å². The molecule has 0 spiro atoms. The Balaban J connectivity index is 1.84. The summed E-state index contributed by atoms with van der Waals surface area (Å²) >= 11 is 1.51. The predicted molar refractivity (Wildman–Crippen MR) is 100 cm³/mol. The topological polar surface area (TPSA) is 40.6 Å². The van der Waals surface area contributed by atoms with Crippen molar-refractivity contribution in [2.75, 3.05) is 18.0 Å². The third-order valence-corrected chi connectivity index (χ3v) is 5.73. The third-order valence-electron chi connectivity index (χ3n) is 4.84. The molecule has 2 aromatic rings. The molecule has 1 aromatic carbocycles. The third kappa shape index (κ3) is 2.59. The zero-order valence-corrected chi connectivity index (χ0v) is 15.2. The van der Waals surface area contributed by atoms with E-state index >= 15 is 0 Å². The van der Waals surface area contributed by atoms with Gasteiger partial charge in [0, 0.05) is 18.0 Å². The number of amides is 2.